The van der Waals surface area contributed by atoms with Gasteiger partial charge in [0.05, 0.1) is 11.9 Å². The van der Waals surface area contributed by atoms with E-state index >= 15 is 0 Å². The molecule has 0 bridgehead atoms. The molecule has 2 unspecified atom stereocenters. The van der Waals surface area contributed by atoms with Crippen LogP contribution in [0.15, 0.2) is 125 Å². The minimum atomic E-state index is -4.52. The van der Waals surface area contributed by atoms with Crippen LogP contribution in [0.3, 0.4) is 0 Å². The Balaban J connectivity index is 3.24. The molecule has 218 valence electrons. The van der Waals surface area contributed by atoms with Crippen molar-refractivity contribution in [1.29, 1.82) is 0 Å². The second-order valence-corrected chi connectivity index (χ2v) is 10.2. The molecule has 0 saturated heterocycles. The van der Waals surface area contributed by atoms with E-state index in [1.54, 1.807) is 23.4 Å². The monoisotopic (exact) mass is 553 g/mol. The Morgan fingerprint density at radius 3 is 2.45 bits per heavy atom. The standard InChI is InChI=1S/C34H46F3N3/c1-10-13-14-29(27(7)21-25(4)5)17-18-30-22-31(16-15-26(30)6)28(8)39-33(19-20-40(9)24-38-12-3)23-32(11-2)34(35,36)37/h10-11,13-16,19,21-24,26,30,39H,1-2,8,12,17-18,20H2,3-7,9H3/b14-13-,29-27-,32-23+,33-19+,38-24?. The summed E-state index contributed by atoms with van der Waals surface area (Å²) in [6.07, 6.45) is 16.9. The zero-order chi connectivity index (χ0) is 30.3. The highest BCUT2D eigenvalue weighted by molar-refractivity contribution is 5.54. The lowest BCUT2D eigenvalue weighted by Crippen LogP contribution is -2.21. The molecule has 0 aromatic heterocycles. The molecule has 40 heavy (non-hydrogen) atoms. The van der Waals surface area contributed by atoms with Gasteiger partial charge in [0.15, 0.2) is 0 Å². The van der Waals surface area contributed by atoms with Gasteiger partial charge in [-0.3, -0.25) is 4.99 Å². The van der Waals surface area contributed by atoms with Crippen LogP contribution in [0.4, 0.5) is 13.2 Å². The number of hydrogen-bond donors (Lipinski definition) is 1. The predicted molar refractivity (Wildman–Crippen MR) is 167 cm³/mol. The molecule has 1 aliphatic rings. The third-order valence-electron chi connectivity index (χ3n) is 6.40. The highest BCUT2D eigenvalue weighted by Gasteiger charge is 2.31. The van der Waals surface area contributed by atoms with Crippen LogP contribution in [0.1, 0.15) is 47.5 Å². The summed E-state index contributed by atoms with van der Waals surface area (Å²) >= 11 is 0. The normalized spacial score (nSPS) is 18.9. The van der Waals surface area contributed by atoms with E-state index in [1.807, 2.05) is 26.1 Å². The van der Waals surface area contributed by atoms with Crippen LogP contribution in [-0.4, -0.2) is 37.6 Å². The van der Waals surface area contributed by atoms with Gasteiger partial charge in [-0.15, -0.1) is 0 Å². The summed E-state index contributed by atoms with van der Waals surface area (Å²) in [4.78, 5) is 5.97. The van der Waals surface area contributed by atoms with Gasteiger partial charge in [0, 0.05) is 31.5 Å². The zero-order valence-corrected chi connectivity index (χ0v) is 25.0. The summed E-state index contributed by atoms with van der Waals surface area (Å²) in [6.45, 7) is 22.7. The van der Waals surface area contributed by atoms with Crippen molar-refractivity contribution >= 4 is 6.34 Å². The first kappa shape index (κ1) is 34.5. The second kappa shape index (κ2) is 17.2. The molecule has 0 heterocycles. The molecule has 0 amide bonds. The summed E-state index contributed by atoms with van der Waals surface area (Å²) < 4.78 is 40.5. The lowest BCUT2D eigenvalue weighted by molar-refractivity contribution is -0.0882. The first-order valence-corrected chi connectivity index (χ1v) is 13.6. The largest absolute Gasteiger partial charge is 0.416 e. The predicted octanol–water partition coefficient (Wildman–Crippen LogP) is 9.18. The molecule has 3 nitrogen and oxygen atoms in total. The van der Waals surface area contributed by atoms with Crippen LogP contribution < -0.4 is 5.32 Å². The number of aliphatic imine (C=N–C) groups is 1. The van der Waals surface area contributed by atoms with Gasteiger partial charge in [-0.2, -0.15) is 13.2 Å². The summed E-state index contributed by atoms with van der Waals surface area (Å²) in [5.74, 6) is 0.576. The van der Waals surface area contributed by atoms with Crippen LogP contribution in [0, 0.1) is 11.8 Å². The van der Waals surface area contributed by atoms with Gasteiger partial charge in [0.1, 0.15) is 0 Å². The fraction of sp³-hybridized carbons (Fsp3) is 0.382. The summed E-state index contributed by atoms with van der Waals surface area (Å²) in [5, 5.41) is 3.12. The molecule has 1 N–H and O–H groups in total. The first-order valence-electron chi connectivity index (χ1n) is 13.6. The first-order chi connectivity index (χ1) is 18.8. The molecule has 0 radical (unpaired) electrons. The van der Waals surface area contributed by atoms with E-state index in [2.05, 4.69) is 82.0 Å². The maximum Gasteiger partial charge on any atom is 0.416 e. The average molecular weight is 554 g/mol. The maximum absolute atomic E-state index is 13.5. The quantitative estimate of drug-likeness (QED) is 0.124. The smallest absolute Gasteiger partial charge is 0.362 e. The molecular formula is C34H46F3N3. The van der Waals surface area contributed by atoms with Gasteiger partial charge >= 0.3 is 6.18 Å². The Labute approximate surface area is 240 Å². The molecule has 0 aromatic rings. The molecule has 0 aromatic carbocycles. The fourth-order valence-corrected chi connectivity index (χ4v) is 4.15. The van der Waals surface area contributed by atoms with Crippen molar-refractivity contribution in [2.45, 2.75) is 53.6 Å². The van der Waals surface area contributed by atoms with E-state index in [0.29, 0.717) is 24.7 Å². The molecule has 0 spiro atoms. The number of halogens is 3. The number of alkyl halides is 3. The summed E-state index contributed by atoms with van der Waals surface area (Å²) in [6, 6.07) is 0. The van der Waals surface area contributed by atoms with Gasteiger partial charge in [-0.05, 0) is 81.2 Å². The summed E-state index contributed by atoms with van der Waals surface area (Å²) in [7, 11) is 1.81. The van der Waals surface area contributed by atoms with Gasteiger partial charge in [0.2, 0.25) is 0 Å². The number of nitrogens with zero attached hydrogens (tertiary/aromatic N) is 2. The molecule has 0 aliphatic heterocycles. The van der Waals surface area contributed by atoms with Crippen LogP contribution in [0.2, 0.25) is 0 Å². The van der Waals surface area contributed by atoms with Crippen LogP contribution in [0.5, 0.6) is 0 Å². The van der Waals surface area contributed by atoms with Crippen molar-refractivity contribution in [3.63, 3.8) is 0 Å². The maximum atomic E-state index is 13.5. The molecule has 2 atom stereocenters. The van der Waals surface area contributed by atoms with E-state index in [0.717, 1.165) is 30.6 Å². The number of rotatable bonds is 15. The minimum absolute atomic E-state index is 0.253. The Morgan fingerprint density at radius 1 is 1.18 bits per heavy atom. The number of likely N-dealkylation sites (N-methyl/N-ethyl adjacent to an activating group) is 1. The Morgan fingerprint density at radius 2 is 1.88 bits per heavy atom. The van der Waals surface area contributed by atoms with E-state index < -0.39 is 11.7 Å². The van der Waals surface area contributed by atoms with Crippen molar-refractivity contribution in [3.8, 4) is 0 Å². The van der Waals surface area contributed by atoms with Crippen LogP contribution in [-0.2, 0) is 0 Å². The lowest BCUT2D eigenvalue weighted by Gasteiger charge is -2.25. The molecule has 0 saturated carbocycles. The van der Waals surface area contributed by atoms with E-state index in [4.69, 9.17) is 0 Å². The minimum Gasteiger partial charge on any atom is -0.362 e. The van der Waals surface area contributed by atoms with Crippen molar-refractivity contribution < 1.29 is 13.2 Å². The van der Waals surface area contributed by atoms with Gasteiger partial charge < -0.3 is 10.2 Å². The van der Waals surface area contributed by atoms with Crippen LogP contribution >= 0.6 is 0 Å². The van der Waals surface area contributed by atoms with Crippen LogP contribution in [0.25, 0.3) is 0 Å². The third kappa shape index (κ3) is 12.5. The van der Waals surface area contributed by atoms with Gasteiger partial charge in [-0.1, -0.05) is 80.8 Å². The zero-order valence-electron chi connectivity index (χ0n) is 25.0. The van der Waals surface area contributed by atoms with E-state index in [9.17, 15) is 13.2 Å². The van der Waals surface area contributed by atoms with Crippen molar-refractivity contribution in [2.75, 3.05) is 20.1 Å². The van der Waals surface area contributed by atoms with Gasteiger partial charge in [0.25, 0.3) is 0 Å². The van der Waals surface area contributed by atoms with Crippen molar-refractivity contribution in [1.82, 2.24) is 10.2 Å². The topological polar surface area (TPSA) is 27.6 Å². The van der Waals surface area contributed by atoms with Gasteiger partial charge in [-0.25, -0.2) is 0 Å². The molecule has 1 rings (SSSR count). The highest BCUT2D eigenvalue weighted by atomic mass is 19.4. The fourth-order valence-electron chi connectivity index (χ4n) is 4.15. The number of hydrogen-bond acceptors (Lipinski definition) is 2. The van der Waals surface area contributed by atoms with E-state index in [-0.39, 0.29) is 11.6 Å². The second-order valence-electron chi connectivity index (χ2n) is 10.2. The third-order valence-corrected chi connectivity index (χ3v) is 6.40. The number of nitrogens with one attached hydrogen (secondary N) is 1. The van der Waals surface area contributed by atoms with Crippen molar-refractivity contribution in [3.05, 3.63) is 120 Å². The Hall–Kier alpha value is -3.54. The molecule has 0 fully saturated rings. The molecule has 1 aliphatic carbocycles. The Bertz CT molecular complexity index is 1130. The lowest BCUT2D eigenvalue weighted by atomic mass is 9.82. The number of allylic oxidation sites excluding steroid dienone is 13. The molecule has 6 heteroatoms. The summed E-state index contributed by atoms with van der Waals surface area (Å²) in [5.41, 5.74) is 4.58. The van der Waals surface area contributed by atoms with Crippen molar-refractivity contribution in [2.24, 2.45) is 16.8 Å². The van der Waals surface area contributed by atoms with E-state index in [1.165, 1.54) is 16.7 Å². The SMILES string of the molecule is C=C/C=C\C(CCC1C=C(C(=C)NC(=C/CN(C)C=NCC)/C=C(\C=C)C(F)(F)F)C=CC1C)=C(/C)C=C(C)C. The Kier molecular flexibility index (Phi) is 14.8. The highest BCUT2D eigenvalue weighted by Crippen LogP contribution is 2.32. The molecular weight excluding hydrogens is 507 g/mol. The average Bonchev–Trinajstić information content (AvgIpc) is 2.88.